The molecule has 4 heteroatoms. The average molecular weight is 229 g/mol. The minimum atomic E-state index is -0.762. The number of hydrogen-bond acceptors (Lipinski definition) is 3. The second-order valence-corrected chi connectivity index (χ2v) is 4.80. The van der Waals surface area contributed by atoms with Crippen molar-refractivity contribution >= 4 is 5.97 Å². The number of rotatable bonds is 9. The maximum Gasteiger partial charge on any atom is 0.311 e. The van der Waals surface area contributed by atoms with Crippen molar-refractivity contribution < 1.29 is 14.6 Å². The third kappa shape index (κ3) is 3.76. The Kier molecular flexibility index (Phi) is 5.22. The Bertz CT molecular complexity index is 228. The van der Waals surface area contributed by atoms with E-state index in [1.165, 1.54) is 0 Å². The van der Waals surface area contributed by atoms with Crippen LogP contribution in [0.4, 0.5) is 0 Å². The van der Waals surface area contributed by atoms with E-state index in [9.17, 15) is 9.90 Å². The molecule has 0 heterocycles. The minimum absolute atomic E-state index is 0.217. The Morgan fingerprint density at radius 1 is 1.50 bits per heavy atom. The van der Waals surface area contributed by atoms with E-state index in [0.717, 1.165) is 19.3 Å². The number of hydrogen-bond donors (Lipinski definition) is 2. The summed E-state index contributed by atoms with van der Waals surface area (Å²) in [6, 6.07) is 0. The van der Waals surface area contributed by atoms with Crippen LogP contribution < -0.4 is 5.73 Å². The number of aliphatic carboxylic acids is 1. The minimum Gasteiger partial charge on any atom is -0.481 e. The molecule has 3 N–H and O–H groups in total. The molecule has 94 valence electrons. The summed E-state index contributed by atoms with van der Waals surface area (Å²) in [5, 5.41) is 9.32. The first-order chi connectivity index (χ1) is 7.64. The topological polar surface area (TPSA) is 72.5 Å². The summed E-state index contributed by atoms with van der Waals surface area (Å²) < 4.78 is 5.37. The summed E-state index contributed by atoms with van der Waals surface area (Å²) in [7, 11) is 0. The highest BCUT2D eigenvalue weighted by molar-refractivity contribution is 5.75. The summed E-state index contributed by atoms with van der Waals surface area (Å²) in [5.74, 6) is -0.187. The molecule has 0 aromatic carbocycles. The predicted molar refractivity (Wildman–Crippen MR) is 62.2 cm³/mol. The van der Waals surface area contributed by atoms with Crippen molar-refractivity contribution in [1.29, 1.82) is 0 Å². The zero-order chi connectivity index (χ0) is 12.0. The number of carboxylic acids is 1. The Balaban J connectivity index is 2.43. The molecule has 1 aliphatic rings. The monoisotopic (exact) mass is 229 g/mol. The molecule has 0 bridgehead atoms. The summed E-state index contributed by atoms with van der Waals surface area (Å²) in [6.07, 6.45) is 4.53. The Morgan fingerprint density at radius 3 is 2.62 bits per heavy atom. The molecule has 1 rings (SSSR count). The van der Waals surface area contributed by atoms with E-state index in [-0.39, 0.29) is 6.54 Å². The van der Waals surface area contributed by atoms with Crippen LogP contribution in [0.15, 0.2) is 0 Å². The van der Waals surface area contributed by atoms with Crippen molar-refractivity contribution in [2.45, 2.75) is 39.0 Å². The van der Waals surface area contributed by atoms with Gasteiger partial charge < -0.3 is 15.6 Å². The molecular weight excluding hydrogens is 206 g/mol. The summed E-state index contributed by atoms with van der Waals surface area (Å²) in [6.45, 7) is 3.46. The van der Waals surface area contributed by atoms with Crippen molar-refractivity contribution in [1.82, 2.24) is 0 Å². The Hall–Kier alpha value is -0.610. The molecule has 0 amide bonds. The smallest absolute Gasteiger partial charge is 0.311 e. The van der Waals surface area contributed by atoms with Gasteiger partial charge in [-0.3, -0.25) is 4.79 Å². The third-order valence-corrected chi connectivity index (χ3v) is 3.29. The fourth-order valence-electron chi connectivity index (χ4n) is 1.96. The van der Waals surface area contributed by atoms with Crippen LogP contribution in [-0.4, -0.2) is 30.8 Å². The van der Waals surface area contributed by atoms with Gasteiger partial charge in [-0.2, -0.15) is 0 Å². The molecule has 1 fully saturated rings. The number of carboxylic acid groups (broad SMARTS) is 1. The highest BCUT2D eigenvalue weighted by Gasteiger charge is 2.41. The Labute approximate surface area is 97.2 Å². The summed E-state index contributed by atoms with van der Waals surface area (Å²) >= 11 is 0. The second-order valence-electron chi connectivity index (χ2n) is 4.80. The van der Waals surface area contributed by atoms with E-state index < -0.39 is 11.4 Å². The number of ether oxygens (including phenoxy) is 1. The van der Waals surface area contributed by atoms with Crippen LogP contribution in [0.1, 0.15) is 39.0 Å². The van der Waals surface area contributed by atoms with Gasteiger partial charge in [0, 0.05) is 19.8 Å². The van der Waals surface area contributed by atoms with Crippen LogP contribution in [-0.2, 0) is 9.53 Å². The summed E-state index contributed by atoms with van der Waals surface area (Å²) in [5.41, 5.74) is 4.91. The first kappa shape index (κ1) is 13.5. The highest BCUT2D eigenvalue weighted by atomic mass is 16.5. The molecule has 0 spiro atoms. The maximum absolute atomic E-state index is 11.3. The number of nitrogens with two attached hydrogens (primary N) is 1. The van der Waals surface area contributed by atoms with Gasteiger partial charge in [0.25, 0.3) is 0 Å². The van der Waals surface area contributed by atoms with Gasteiger partial charge >= 0.3 is 5.97 Å². The van der Waals surface area contributed by atoms with Crippen LogP contribution in [0.5, 0.6) is 0 Å². The van der Waals surface area contributed by atoms with E-state index >= 15 is 0 Å². The molecule has 1 aliphatic carbocycles. The third-order valence-electron chi connectivity index (χ3n) is 3.29. The molecule has 16 heavy (non-hydrogen) atoms. The lowest BCUT2D eigenvalue weighted by atomic mass is 9.79. The van der Waals surface area contributed by atoms with Crippen molar-refractivity contribution in [3.8, 4) is 0 Å². The van der Waals surface area contributed by atoms with Gasteiger partial charge in [-0.15, -0.1) is 0 Å². The standard InChI is InChI=1S/C12H23NO3/c1-2-6-16-7-5-12(9-13,11(14)15)8-10-3-4-10/h10H,2-9,13H2,1H3,(H,14,15). The average Bonchev–Trinajstić information content (AvgIpc) is 3.06. The van der Waals surface area contributed by atoms with Gasteiger partial charge in [0.15, 0.2) is 0 Å². The van der Waals surface area contributed by atoms with Crippen LogP contribution in [0.25, 0.3) is 0 Å². The van der Waals surface area contributed by atoms with Gasteiger partial charge in [-0.1, -0.05) is 19.8 Å². The van der Waals surface area contributed by atoms with Gasteiger partial charge in [0.2, 0.25) is 0 Å². The first-order valence-electron chi connectivity index (χ1n) is 6.16. The van der Waals surface area contributed by atoms with Crippen LogP contribution in [0.3, 0.4) is 0 Å². The molecule has 0 radical (unpaired) electrons. The highest BCUT2D eigenvalue weighted by Crippen LogP contribution is 2.41. The normalized spacial score (nSPS) is 19.4. The fourth-order valence-corrected chi connectivity index (χ4v) is 1.96. The first-order valence-corrected chi connectivity index (χ1v) is 6.16. The second kappa shape index (κ2) is 6.21. The van der Waals surface area contributed by atoms with Crippen LogP contribution in [0.2, 0.25) is 0 Å². The van der Waals surface area contributed by atoms with Crippen LogP contribution in [0, 0.1) is 11.3 Å². The largest absolute Gasteiger partial charge is 0.481 e. The number of carbonyl (C=O) groups is 1. The Morgan fingerprint density at radius 2 is 2.19 bits per heavy atom. The quantitative estimate of drug-likeness (QED) is 0.589. The molecule has 4 nitrogen and oxygen atoms in total. The van der Waals surface area contributed by atoms with Gasteiger partial charge in [0.05, 0.1) is 5.41 Å². The lowest BCUT2D eigenvalue weighted by Crippen LogP contribution is -2.40. The molecule has 0 saturated heterocycles. The molecular formula is C12H23NO3. The van der Waals surface area contributed by atoms with Gasteiger partial charge in [-0.25, -0.2) is 0 Å². The maximum atomic E-state index is 11.3. The molecule has 0 aliphatic heterocycles. The van der Waals surface area contributed by atoms with Crippen molar-refractivity contribution in [3.05, 3.63) is 0 Å². The van der Waals surface area contributed by atoms with E-state index in [1.807, 2.05) is 6.92 Å². The van der Waals surface area contributed by atoms with Gasteiger partial charge in [0.1, 0.15) is 0 Å². The zero-order valence-electron chi connectivity index (χ0n) is 10.1. The molecule has 0 aromatic heterocycles. The fraction of sp³-hybridized carbons (Fsp3) is 0.917. The van der Waals surface area contributed by atoms with E-state index in [1.54, 1.807) is 0 Å². The van der Waals surface area contributed by atoms with Crippen molar-refractivity contribution in [2.75, 3.05) is 19.8 Å². The predicted octanol–water partition coefficient (Wildman–Crippen LogP) is 1.63. The van der Waals surface area contributed by atoms with Crippen molar-refractivity contribution in [2.24, 2.45) is 17.1 Å². The van der Waals surface area contributed by atoms with Gasteiger partial charge in [-0.05, 0) is 25.2 Å². The van der Waals surface area contributed by atoms with Crippen molar-refractivity contribution in [3.63, 3.8) is 0 Å². The molecule has 1 atom stereocenters. The lowest BCUT2D eigenvalue weighted by Gasteiger charge is -2.27. The van der Waals surface area contributed by atoms with E-state index in [4.69, 9.17) is 10.5 Å². The summed E-state index contributed by atoms with van der Waals surface area (Å²) in [4.78, 5) is 11.3. The molecule has 1 saturated carbocycles. The molecule has 0 aromatic rings. The zero-order valence-corrected chi connectivity index (χ0v) is 10.1. The lowest BCUT2D eigenvalue weighted by molar-refractivity contribution is -0.150. The SMILES string of the molecule is CCCOCCC(CN)(CC1CC1)C(=O)O. The molecule has 1 unspecified atom stereocenters. The van der Waals surface area contributed by atoms with Crippen LogP contribution >= 0.6 is 0 Å². The van der Waals surface area contributed by atoms with E-state index in [2.05, 4.69) is 0 Å². The van der Waals surface area contributed by atoms with E-state index in [0.29, 0.717) is 32.0 Å².